The predicted octanol–water partition coefficient (Wildman–Crippen LogP) is 2.71. The van der Waals surface area contributed by atoms with E-state index in [2.05, 4.69) is 0 Å². The monoisotopic (exact) mass is 371 g/mol. The van der Waals surface area contributed by atoms with E-state index in [1.807, 2.05) is 49.1 Å². The SMILES string of the molecule is CC(C)CN(CC(F)(F)F)C(=O)CN1C[C@@H](CN)[C@H](c2ccccc2)C1. The van der Waals surface area contributed by atoms with E-state index < -0.39 is 18.6 Å². The van der Waals surface area contributed by atoms with Crippen molar-refractivity contribution in [3.63, 3.8) is 0 Å². The summed E-state index contributed by atoms with van der Waals surface area (Å²) in [7, 11) is 0. The van der Waals surface area contributed by atoms with Crippen LogP contribution in [0.4, 0.5) is 13.2 Å². The molecule has 2 N–H and O–H groups in total. The highest BCUT2D eigenvalue weighted by molar-refractivity contribution is 5.78. The lowest BCUT2D eigenvalue weighted by atomic mass is 9.89. The van der Waals surface area contributed by atoms with Crippen molar-refractivity contribution in [2.24, 2.45) is 17.6 Å². The highest BCUT2D eigenvalue weighted by Gasteiger charge is 2.37. The van der Waals surface area contributed by atoms with Crippen LogP contribution in [0.5, 0.6) is 0 Å². The molecule has 1 heterocycles. The molecule has 1 fully saturated rings. The van der Waals surface area contributed by atoms with E-state index in [0.717, 1.165) is 10.5 Å². The van der Waals surface area contributed by atoms with E-state index in [1.165, 1.54) is 0 Å². The van der Waals surface area contributed by atoms with Crippen molar-refractivity contribution in [1.29, 1.82) is 0 Å². The number of rotatable bonds is 7. The first-order valence-electron chi connectivity index (χ1n) is 9.01. The van der Waals surface area contributed by atoms with Crippen LogP contribution in [0, 0.1) is 11.8 Å². The number of carbonyl (C=O) groups excluding carboxylic acids is 1. The Kier molecular flexibility index (Phi) is 7.06. The number of halogens is 3. The molecule has 26 heavy (non-hydrogen) atoms. The largest absolute Gasteiger partial charge is 0.406 e. The summed E-state index contributed by atoms with van der Waals surface area (Å²) < 4.78 is 38.4. The maximum Gasteiger partial charge on any atom is 0.406 e. The van der Waals surface area contributed by atoms with E-state index in [4.69, 9.17) is 5.73 Å². The second-order valence-electron chi connectivity index (χ2n) is 7.49. The van der Waals surface area contributed by atoms with Crippen LogP contribution < -0.4 is 5.73 Å². The van der Waals surface area contributed by atoms with Gasteiger partial charge in [0.05, 0.1) is 6.54 Å². The van der Waals surface area contributed by atoms with E-state index in [-0.39, 0.29) is 30.8 Å². The first kappa shape index (κ1) is 20.7. The number of nitrogens with zero attached hydrogens (tertiary/aromatic N) is 2. The summed E-state index contributed by atoms with van der Waals surface area (Å²) in [6, 6.07) is 9.94. The lowest BCUT2D eigenvalue weighted by Gasteiger charge is -2.27. The van der Waals surface area contributed by atoms with Gasteiger partial charge in [-0.2, -0.15) is 13.2 Å². The molecule has 0 spiro atoms. The zero-order valence-corrected chi connectivity index (χ0v) is 15.4. The second kappa shape index (κ2) is 8.86. The Labute approximate surface area is 153 Å². The molecule has 1 amide bonds. The normalized spacial score (nSPS) is 21.3. The van der Waals surface area contributed by atoms with Crippen molar-refractivity contribution >= 4 is 5.91 Å². The minimum Gasteiger partial charge on any atom is -0.332 e. The van der Waals surface area contributed by atoms with Gasteiger partial charge in [0.25, 0.3) is 0 Å². The zero-order chi connectivity index (χ0) is 19.3. The maximum atomic E-state index is 12.8. The minimum atomic E-state index is -4.39. The molecule has 1 aliphatic heterocycles. The number of benzene rings is 1. The van der Waals surface area contributed by atoms with Gasteiger partial charge >= 0.3 is 6.18 Å². The van der Waals surface area contributed by atoms with Gasteiger partial charge in [-0.1, -0.05) is 44.2 Å². The van der Waals surface area contributed by atoms with Crippen LogP contribution in [0.3, 0.4) is 0 Å². The molecular weight excluding hydrogens is 343 g/mol. The Morgan fingerprint density at radius 3 is 2.46 bits per heavy atom. The van der Waals surface area contributed by atoms with Crippen LogP contribution in [0.25, 0.3) is 0 Å². The van der Waals surface area contributed by atoms with E-state index in [0.29, 0.717) is 19.6 Å². The number of amides is 1. The van der Waals surface area contributed by atoms with Gasteiger partial charge in [0, 0.05) is 25.6 Å². The Morgan fingerprint density at radius 2 is 1.92 bits per heavy atom. The first-order chi connectivity index (χ1) is 12.2. The fourth-order valence-electron chi connectivity index (χ4n) is 3.61. The number of hydrogen-bond donors (Lipinski definition) is 1. The molecule has 1 aromatic carbocycles. The summed E-state index contributed by atoms with van der Waals surface area (Å²) in [5, 5.41) is 0. The zero-order valence-electron chi connectivity index (χ0n) is 15.4. The number of alkyl halides is 3. The van der Waals surface area contributed by atoms with Crippen LogP contribution in [-0.2, 0) is 4.79 Å². The van der Waals surface area contributed by atoms with Crippen molar-refractivity contribution < 1.29 is 18.0 Å². The highest BCUT2D eigenvalue weighted by Crippen LogP contribution is 2.32. The van der Waals surface area contributed by atoms with Crippen molar-refractivity contribution in [3.8, 4) is 0 Å². The van der Waals surface area contributed by atoms with Crippen molar-refractivity contribution in [3.05, 3.63) is 35.9 Å². The Bertz CT molecular complexity index is 577. The molecular formula is C19H28F3N3O. The first-order valence-corrected chi connectivity index (χ1v) is 9.01. The standard InChI is InChI=1S/C19H28F3N3O/c1-14(2)9-25(13-19(20,21)22)18(26)12-24-10-16(8-23)17(11-24)15-6-4-3-5-7-15/h3-7,14,16-17H,8-13,23H2,1-2H3/t16-,17+/m1/s1. The molecule has 146 valence electrons. The quantitative estimate of drug-likeness (QED) is 0.802. The highest BCUT2D eigenvalue weighted by atomic mass is 19.4. The van der Waals surface area contributed by atoms with Gasteiger partial charge in [-0.25, -0.2) is 0 Å². The summed E-state index contributed by atoms with van der Waals surface area (Å²) in [6.07, 6.45) is -4.39. The number of nitrogens with two attached hydrogens (primary N) is 1. The third-order valence-electron chi connectivity index (χ3n) is 4.71. The van der Waals surface area contributed by atoms with Gasteiger partial charge < -0.3 is 10.6 Å². The van der Waals surface area contributed by atoms with E-state index in [1.54, 1.807) is 0 Å². The van der Waals surface area contributed by atoms with Crippen molar-refractivity contribution in [1.82, 2.24) is 9.80 Å². The van der Waals surface area contributed by atoms with Crippen LogP contribution in [0.1, 0.15) is 25.3 Å². The third kappa shape index (κ3) is 5.99. The summed E-state index contributed by atoms with van der Waals surface area (Å²) in [5.41, 5.74) is 7.05. The number of likely N-dealkylation sites (tertiary alicyclic amines) is 1. The molecule has 0 radical (unpaired) electrons. The fourth-order valence-corrected chi connectivity index (χ4v) is 3.61. The summed E-state index contributed by atoms with van der Waals surface area (Å²) in [6.45, 7) is 4.29. The molecule has 1 saturated heterocycles. The van der Waals surface area contributed by atoms with Gasteiger partial charge in [-0.05, 0) is 23.9 Å². The molecule has 4 nitrogen and oxygen atoms in total. The molecule has 2 rings (SSSR count). The topological polar surface area (TPSA) is 49.6 Å². The minimum absolute atomic E-state index is 0.00261. The van der Waals surface area contributed by atoms with Crippen molar-refractivity contribution in [2.75, 3.05) is 39.3 Å². The summed E-state index contributed by atoms with van der Waals surface area (Å²) in [4.78, 5) is 15.4. The molecule has 0 saturated carbocycles. The molecule has 1 aromatic rings. The number of carbonyl (C=O) groups is 1. The van der Waals surface area contributed by atoms with Crippen LogP contribution in [0.15, 0.2) is 30.3 Å². The molecule has 7 heteroatoms. The molecule has 0 bridgehead atoms. The molecule has 1 aliphatic rings. The third-order valence-corrected chi connectivity index (χ3v) is 4.71. The lowest BCUT2D eigenvalue weighted by Crippen LogP contribution is -2.45. The number of hydrogen-bond acceptors (Lipinski definition) is 3. The fraction of sp³-hybridized carbons (Fsp3) is 0.632. The van der Waals surface area contributed by atoms with E-state index in [9.17, 15) is 18.0 Å². The lowest BCUT2D eigenvalue weighted by molar-refractivity contribution is -0.162. The van der Waals surface area contributed by atoms with Crippen LogP contribution in [-0.4, -0.2) is 61.2 Å². The Balaban J connectivity index is 2.03. The summed E-state index contributed by atoms with van der Waals surface area (Å²) in [5.74, 6) is -0.0872. The van der Waals surface area contributed by atoms with Gasteiger partial charge in [0.2, 0.25) is 5.91 Å². The van der Waals surface area contributed by atoms with Gasteiger partial charge in [0.1, 0.15) is 6.54 Å². The van der Waals surface area contributed by atoms with Gasteiger partial charge in [-0.3, -0.25) is 9.69 Å². The average molecular weight is 371 g/mol. The van der Waals surface area contributed by atoms with Crippen LogP contribution >= 0.6 is 0 Å². The molecule has 2 atom stereocenters. The van der Waals surface area contributed by atoms with Crippen LogP contribution in [0.2, 0.25) is 0 Å². The molecule has 0 unspecified atom stereocenters. The smallest absolute Gasteiger partial charge is 0.332 e. The Morgan fingerprint density at radius 1 is 1.27 bits per heavy atom. The predicted molar refractivity (Wildman–Crippen MR) is 95.6 cm³/mol. The van der Waals surface area contributed by atoms with Gasteiger partial charge in [-0.15, -0.1) is 0 Å². The summed E-state index contributed by atoms with van der Waals surface area (Å²) >= 11 is 0. The van der Waals surface area contributed by atoms with E-state index >= 15 is 0 Å². The van der Waals surface area contributed by atoms with Crippen molar-refractivity contribution in [2.45, 2.75) is 25.9 Å². The maximum absolute atomic E-state index is 12.8. The Hall–Kier alpha value is -1.60. The average Bonchev–Trinajstić information content (AvgIpc) is 2.96. The van der Waals surface area contributed by atoms with Gasteiger partial charge in [0.15, 0.2) is 0 Å². The molecule has 0 aromatic heterocycles. The second-order valence-corrected chi connectivity index (χ2v) is 7.49. The molecule has 0 aliphatic carbocycles.